The van der Waals surface area contributed by atoms with Gasteiger partial charge in [0.15, 0.2) is 0 Å². The van der Waals surface area contributed by atoms with Gasteiger partial charge in [-0.2, -0.15) is 0 Å². The average molecular weight is 232 g/mol. The number of hydrogen-bond acceptors (Lipinski definition) is 1. The van der Waals surface area contributed by atoms with Crippen LogP contribution in [0.4, 0.5) is 0 Å². The molecule has 0 aliphatic carbocycles. The minimum atomic E-state index is 0.723. The lowest BCUT2D eigenvalue weighted by atomic mass is 10.1. The van der Waals surface area contributed by atoms with Gasteiger partial charge in [0.25, 0.3) is 0 Å². The van der Waals surface area contributed by atoms with Crippen molar-refractivity contribution in [1.29, 1.82) is 0 Å². The highest BCUT2D eigenvalue weighted by molar-refractivity contribution is 7.99. The second-order valence-corrected chi connectivity index (χ2v) is 6.26. The number of nitrogens with zero attached hydrogens (tertiary/aromatic N) is 1. The van der Waals surface area contributed by atoms with Crippen LogP contribution in [0.3, 0.4) is 0 Å². The Morgan fingerprint density at radius 2 is 1.53 bits per heavy atom. The van der Waals surface area contributed by atoms with Crippen LogP contribution >= 0.6 is 11.8 Å². The van der Waals surface area contributed by atoms with Gasteiger partial charge < -0.3 is 4.48 Å². The van der Waals surface area contributed by atoms with Crippen LogP contribution in [-0.4, -0.2) is 36.8 Å². The smallest absolute Gasteiger partial charge is 0.132 e. The van der Waals surface area contributed by atoms with Gasteiger partial charge in [0.05, 0.1) is 20.6 Å². The van der Waals surface area contributed by atoms with Gasteiger partial charge in [-0.3, -0.25) is 0 Å². The molecule has 0 spiro atoms. The fourth-order valence-corrected chi connectivity index (χ4v) is 2.44. The summed E-state index contributed by atoms with van der Waals surface area (Å²) in [6.45, 7) is 5.94. The Balaban J connectivity index is 3.48. The molecule has 15 heavy (non-hydrogen) atoms. The number of thioether (sulfide) groups is 1. The van der Waals surface area contributed by atoms with E-state index in [-0.39, 0.29) is 0 Å². The lowest BCUT2D eigenvalue weighted by Gasteiger charge is -2.35. The van der Waals surface area contributed by atoms with Crippen molar-refractivity contribution < 1.29 is 4.48 Å². The van der Waals surface area contributed by atoms with Crippen LogP contribution in [0.25, 0.3) is 0 Å². The quantitative estimate of drug-likeness (QED) is 0.327. The summed E-state index contributed by atoms with van der Waals surface area (Å²) in [4.78, 5) is 0. The molecule has 0 saturated heterocycles. The van der Waals surface area contributed by atoms with E-state index in [1.165, 1.54) is 45.1 Å². The lowest BCUT2D eigenvalue weighted by Crippen LogP contribution is -2.46. The van der Waals surface area contributed by atoms with Crippen LogP contribution in [0.1, 0.15) is 52.4 Å². The van der Waals surface area contributed by atoms with E-state index < -0.39 is 0 Å². The first-order valence-electron chi connectivity index (χ1n) is 6.40. The summed E-state index contributed by atoms with van der Waals surface area (Å²) < 4.78 is 1.16. The van der Waals surface area contributed by atoms with Crippen molar-refractivity contribution in [2.24, 2.45) is 0 Å². The molecule has 0 bridgehead atoms. The van der Waals surface area contributed by atoms with E-state index in [2.05, 4.69) is 34.2 Å². The molecule has 0 amide bonds. The van der Waals surface area contributed by atoms with E-state index >= 15 is 0 Å². The molecule has 0 N–H and O–H groups in total. The van der Waals surface area contributed by atoms with Gasteiger partial charge in [-0.25, -0.2) is 0 Å². The third-order valence-corrected chi connectivity index (χ3v) is 4.67. The molecule has 0 aromatic carbocycles. The van der Waals surface area contributed by atoms with E-state index in [0.29, 0.717) is 0 Å². The molecular weight excluding hydrogens is 202 g/mol. The summed E-state index contributed by atoms with van der Waals surface area (Å²) in [6.07, 6.45) is 10.7. The monoisotopic (exact) mass is 232 g/mol. The second-order valence-electron chi connectivity index (χ2n) is 5.11. The fourth-order valence-electron chi connectivity index (χ4n) is 1.77. The minimum Gasteiger partial charge on any atom is -0.318 e. The number of hydrogen-bond donors (Lipinski definition) is 0. The van der Waals surface area contributed by atoms with Crippen molar-refractivity contribution in [2.75, 3.05) is 26.9 Å². The van der Waals surface area contributed by atoms with Gasteiger partial charge in [0.1, 0.15) is 5.37 Å². The molecule has 1 nitrogen and oxygen atoms in total. The highest BCUT2D eigenvalue weighted by Crippen LogP contribution is 2.18. The Morgan fingerprint density at radius 1 is 1.00 bits per heavy atom. The third-order valence-electron chi connectivity index (χ3n) is 3.41. The molecule has 0 fully saturated rings. The Bertz CT molecular complexity index is 145. The van der Waals surface area contributed by atoms with Crippen molar-refractivity contribution in [1.82, 2.24) is 0 Å². The first-order valence-corrected chi connectivity index (χ1v) is 7.69. The van der Waals surface area contributed by atoms with Gasteiger partial charge in [0.2, 0.25) is 0 Å². The number of quaternary nitrogens is 1. The Labute approximate surface area is 101 Å². The molecule has 92 valence electrons. The van der Waals surface area contributed by atoms with Crippen LogP contribution in [0, 0.1) is 0 Å². The predicted octanol–water partition coefficient (Wildman–Crippen LogP) is 4.13. The van der Waals surface area contributed by atoms with Crippen molar-refractivity contribution in [3.63, 3.8) is 0 Å². The molecule has 0 aromatic heterocycles. The van der Waals surface area contributed by atoms with Gasteiger partial charge in [-0.15, -0.1) is 11.8 Å². The summed E-state index contributed by atoms with van der Waals surface area (Å²) in [5.41, 5.74) is 0. The number of rotatable bonds is 9. The maximum atomic E-state index is 2.35. The van der Waals surface area contributed by atoms with Gasteiger partial charge in [-0.05, 0) is 26.0 Å². The second kappa shape index (κ2) is 8.46. The maximum Gasteiger partial charge on any atom is 0.132 e. The standard InChI is InChI=1S/C13H30NS/c1-6-7-8-9-10-11-12-14(3,4)13(2)15-5/h13H,6-12H2,1-5H3/q+1. The summed E-state index contributed by atoms with van der Waals surface area (Å²) in [7, 11) is 4.71. The molecule has 0 aliphatic rings. The largest absolute Gasteiger partial charge is 0.318 e. The molecule has 0 saturated carbocycles. The zero-order chi connectivity index (χ0) is 11.7. The van der Waals surface area contributed by atoms with Crippen LogP contribution in [0.2, 0.25) is 0 Å². The van der Waals surface area contributed by atoms with E-state index in [1.54, 1.807) is 0 Å². The van der Waals surface area contributed by atoms with E-state index in [9.17, 15) is 0 Å². The zero-order valence-electron chi connectivity index (χ0n) is 11.4. The summed E-state index contributed by atoms with van der Waals surface area (Å²) in [5, 5.41) is 0.723. The molecular formula is C13H30NS+. The molecule has 0 heterocycles. The van der Waals surface area contributed by atoms with E-state index in [4.69, 9.17) is 0 Å². The molecule has 1 atom stereocenters. The Hall–Kier alpha value is 0.310. The Kier molecular flexibility index (Phi) is 8.64. The topological polar surface area (TPSA) is 0 Å². The minimum absolute atomic E-state index is 0.723. The predicted molar refractivity (Wildman–Crippen MR) is 73.3 cm³/mol. The van der Waals surface area contributed by atoms with Gasteiger partial charge >= 0.3 is 0 Å². The van der Waals surface area contributed by atoms with Crippen molar-refractivity contribution >= 4 is 11.8 Å². The maximum absolute atomic E-state index is 2.35. The Morgan fingerprint density at radius 3 is 2.07 bits per heavy atom. The normalized spacial score (nSPS) is 14.2. The number of unbranched alkanes of at least 4 members (excludes halogenated alkanes) is 5. The first-order chi connectivity index (χ1) is 7.04. The highest BCUT2D eigenvalue weighted by atomic mass is 32.2. The van der Waals surface area contributed by atoms with E-state index in [0.717, 1.165) is 9.86 Å². The fraction of sp³-hybridized carbons (Fsp3) is 1.00. The molecule has 0 rings (SSSR count). The SMILES string of the molecule is CCCCCCCC[N+](C)(C)C(C)SC. The molecule has 0 radical (unpaired) electrons. The van der Waals surface area contributed by atoms with Crippen LogP contribution in [0.15, 0.2) is 0 Å². The molecule has 2 heteroatoms. The van der Waals surface area contributed by atoms with Crippen molar-refractivity contribution in [3.05, 3.63) is 0 Å². The molecule has 1 unspecified atom stereocenters. The molecule has 0 aliphatic heterocycles. The van der Waals surface area contributed by atoms with Crippen LogP contribution < -0.4 is 0 Å². The molecule has 0 aromatic rings. The summed E-state index contributed by atoms with van der Waals surface area (Å²) in [6, 6.07) is 0. The van der Waals surface area contributed by atoms with Crippen molar-refractivity contribution in [2.45, 2.75) is 57.7 Å². The van der Waals surface area contributed by atoms with Crippen LogP contribution in [-0.2, 0) is 0 Å². The summed E-state index contributed by atoms with van der Waals surface area (Å²) in [5.74, 6) is 0. The van der Waals surface area contributed by atoms with Gasteiger partial charge in [0, 0.05) is 0 Å². The lowest BCUT2D eigenvalue weighted by molar-refractivity contribution is -0.898. The average Bonchev–Trinajstić information content (AvgIpc) is 2.22. The van der Waals surface area contributed by atoms with Gasteiger partial charge in [-0.1, -0.05) is 32.6 Å². The van der Waals surface area contributed by atoms with Crippen molar-refractivity contribution in [3.8, 4) is 0 Å². The van der Waals surface area contributed by atoms with Crippen LogP contribution in [0.5, 0.6) is 0 Å². The third kappa shape index (κ3) is 7.24. The first kappa shape index (κ1) is 15.3. The van der Waals surface area contributed by atoms with E-state index in [1.807, 2.05) is 11.8 Å². The zero-order valence-corrected chi connectivity index (χ0v) is 12.2. The highest BCUT2D eigenvalue weighted by Gasteiger charge is 2.21. The summed E-state index contributed by atoms with van der Waals surface area (Å²) >= 11 is 1.98.